The van der Waals surface area contributed by atoms with Crippen LogP contribution in [0.2, 0.25) is 6.32 Å². The summed E-state index contributed by atoms with van der Waals surface area (Å²) in [7, 11) is 1.29. The molecular formula is C20H40BNO6. The fourth-order valence-electron chi connectivity index (χ4n) is 2.42. The maximum Gasteiger partial charge on any atom is 0.457 e. The monoisotopic (exact) mass is 401 g/mol. The van der Waals surface area contributed by atoms with E-state index in [1.165, 1.54) is 20.0 Å². The lowest BCUT2D eigenvalue weighted by atomic mass is 9.82. The van der Waals surface area contributed by atoms with Gasteiger partial charge in [0.15, 0.2) is 0 Å². The molecule has 0 aromatic heterocycles. The summed E-state index contributed by atoms with van der Waals surface area (Å²) < 4.78 is 21.1. The van der Waals surface area contributed by atoms with Crippen molar-refractivity contribution in [1.29, 1.82) is 0 Å². The fraction of sp³-hybridized carbons (Fsp3) is 0.900. The van der Waals surface area contributed by atoms with Crippen LogP contribution < -0.4 is 5.32 Å². The molecule has 7 nitrogen and oxygen atoms in total. The highest BCUT2D eigenvalue weighted by atomic mass is 16.7. The summed E-state index contributed by atoms with van der Waals surface area (Å²) in [6.45, 7) is 14.7. The molecule has 1 saturated heterocycles. The molecule has 1 amide bonds. The largest absolute Gasteiger partial charge is 0.467 e. The highest BCUT2D eigenvalue weighted by Gasteiger charge is 2.50. The van der Waals surface area contributed by atoms with Crippen molar-refractivity contribution in [2.75, 3.05) is 13.7 Å². The number of nitrogens with one attached hydrogen (secondary N) is 1. The summed E-state index contributed by atoms with van der Waals surface area (Å²) in [4.78, 5) is 22.3. The molecule has 1 fully saturated rings. The zero-order chi connectivity index (χ0) is 21.8. The van der Waals surface area contributed by atoms with E-state index in [0.717, 1.165) is 19.2 Å². The van der Waals surface area contributed by atoms with Crippen molar-refractivity contribution in [2.24, 2.45) is 0 Å². The highest BCUT2D eigenvalue weighted by molar-refractivity contribution is 6.45. The molecule has 1 rings (SSSR count). The minimum atomic E-state index is -0.621. The minimum absolute atomic E-state index is 0.00458. The van der Waals surface area contributed by atoms with Crippen LogP contribution in [0.5, 0.6) is 0 Å². The number of ether oxygens (including phenoxy) is 2. The van der Waals surface area contributed by atoms with Crippen LogP contribution in [0.25, 0.3) is 0 Å². The molecule has 0 spiro atoms. The molecule has 1 N–H and O–H groups in total. The molecule has 1 aliphatic heterocycles. The van der Waals surface area contributed by atoms with Crippen molar-refractivity contribution in [3.63, 3.8) is 0 Å². The van der Waals surface area contributed by atoms with Gasteiger partial charge in [0.1, 0.15) is 6.04 Å². The third kappa shape index (κ3) is 9.28. The van der Waals surface area contributed by atoms with Crippen LogP contribution in [-0.4, -0.2) is 50.1 Å². The van der Waals surface area contributed by atoms with Gasteiger partial charge in [0.2, 0.25) is 0 Å². The van der Waals surface area contributed by atoms with Crippen LogP contribution in [-0.2, 0) is 23.6 Å². The van der Waals surface area contributed by atoms with Crippen molar-refractivity contribution in [1.82, 2.24) is 5.32 Å². The lowest BCUT2D eigenvalue weighted by molar-refractivity contribution is -0.143. The van der Waals surface area contributed by atoms with Crippen molar-refractivity contribution < 1.29 is 28.4 Å². The number of carbonyl (C=O) groups is 2. The molecule has 1 atom stereocenters. The van der Waals surface area contributed by atoms with Crippen LogP contribution in [0, 0.1) is 0 Å². The van der Waals surface area contributed by atoms with E-state index in [1.807, 2.05) is 6.92 Å². The van der Waals surface area contributed by atoms with Crippen LogP contribution in [0.1, 0.15) is 80.6 Å². The zero-order valence-electron chi connectivity index (χ0n) is 19.1. The second kappa shape index (κ2) is 13.0. The topological polar surface area (TPSA) is 83.1 Å². The summed E-state index contributed by atoms with van der Waals surface area (Å²) in [5.74, 6) is -0.454. The minimum Gasteiger partial charge on any atom is -0.467 e. The molecule has 8 heteroatoms. The second-order valence-electron chi connectivity index (χ2n) is 7.95. The molecule has 1 aliphatic rings. The zero-order valence-corrected chi connectivity index (χ0v) is 19.1. The van der Waals surface area contributed by atoms with Crippen molar-refractivity contribution >= 4 is 19.2 Å². The standard InChI is InChI=1S/C10H21BO2.C10H19NO4/c1-6-7-8-11-12-9(2,3)10(4,5)13-11;1-4-6-7-15-10(13)11-8(5-2)9(12)14-3/h6-8H2,1-5H3;8H,4-7H2,1-3H3,(H,11,13)/t;8-/m.1/s1. The van der Waals surface area contributed by atoms with Gasteiger partial charge in [-0.25, -0.2) is 9.59 Å². The average Bonchev–Trinajstić information content (AvgIpc) is 2.84. The molecule has 1 heterocycles. The first-order chi connectivity index (χ1) is 13.0. The van der Waals surface area contributed by atoms with Crippen LogP contribution >= 0.6 is 0 Å². The summed E-state index contributed by atoms with van der Waals surface area (Å²) in [6.07, 6.45) is 5.09. The van der Waals surface area contributed by atoms with E-state index in [9.17, 15) is 9.59 Å². The van der Waals surface area contributed by atoms with Gasteiger partial charge in [0.05, 0.1) is 24.9 Å². The number of hydrogen-bond acceptors (Lipinski definition) is 6. The van der Waals surface area contributed by atoms with Crippen LogP contribution in [0.4, 0.5) is 4.79 Å². The van der Waals surface area contributed by atoms with Crippen LogP contribution in [0.15, 0.2) is 0 Å². The van der Waals surface area contributed by atoms with Crippen molar-refractivity contribution in [2.45, 2.75) is 104 Å². The number of amides is 1. The van der Waals surface area contributed by atoms with Gasteiger partial charge < -0.3 is 24.1 Å². The molecular weight excluding hydrogens is 361 g/mol. The summed E-state index contributed by atoms with van der Waals surface area (Å²) in [5.41, 5.74) is -0.323. The van der Waals surface area contributed by atoms with Gasteiger partial charge in [-0.3, -0.25) is 0 Å². The Kier molecular flexibility index (Phi) is 12.4. The summed E-state index contributed by atoms with van der Waals surface area (Å²) >= 11 is 0. The Morgan fingerprint density at radius 3 is 1.96 bits per heavy atom. The first kappa shape index (κ1) is 26.7. The van der Waals surface area contributed by atoms with Gasteiger partial charge in [0.25, 0.3) is 0 Å². The van der Waals surface area contributed by atoms with E-state index in [-0.39, 0.29) is 18.3 Å². The van der Waals surface area contributed by atoms with Gasteiger partial charge in [-0.1, -0.05) is 40.0 Å². The Bertz CT molecular complexity index is 454. The summed E-state index contributed by atoms with van der Waals surface area (Å²) in [6, 6.07) is -0.621. The lowest BCUT2D eigenvalue weighted by Gasteiger charge is -2.32. The van der Waals surface area contributed by atoms with Gasteiger partial charge in [-0.05, 0) is 46.9 Å². The van der Waals surface area contributed by atoms with Gasteiger partial charge >= 0.3 is 19.2 Å². The van der Waals surface area contributed by atoms with Gasteiger partial charge in [-0.2, -0.15) is 0 Å². The number of esters is 1. The highest BCUT2D eigenvalue weighted by Crippen LogP contribution is 2.37. The Balaban J connectivity index is 0.000000525. The van der Waals surface area contributed by atoms with Gasteiger partial charge in [0, 0.05) is 0 Å². The molecule has 0 aliphatic carbocycles. The third-order valence-corrected chi connectivity index (χ3v) is 5.01. The molecule has 0 aromatic rings. The first-order valence-electron chi connectivity index (χ1n) is 10.4. The molecule has 28 heavy (non-hydrogen) atoms. The Morgan fingerprint density at radius 1 is 1.00 bits per heavy atom. The van der Waals surface area contributed by atoms with E-state index in [0.29, 0.717) is 13.0 Å². The maximum absolute atomic E-state index is 11.2. The Labute approximate surface area is 171 Å². The van der Waals surface area contributed by atoms with E-state index < -0.39 is 18.1 Å². The number of methoxy groups -OCH3 is 1. The molecule has 0 unspecified atom stereocenters. The molecule has 0 aromatic carbocycles. The maximum atomic E-state index is 11.2. The van der Waals surface area contributed by atoms with Gasteiger partial charge in [-0.15, -0.1) is 0 Å². The van der Waals surface area contributed by atoms with E-state index in [4.69, 9.17) is 14.0 Å². The van der Waals surface area contributed by atoms with E-state index in [2.05, 4.69) is 44.7 Å². The smallest absolute Gasteiger partial charge is 0.457 e. The normalized spacial score (nSPS) is 17.9. The lowest BCUT2D eigenvalue weighted by Crippen LogP contribution is -2.41. The fourth-order valence-corrected chi connectivity index (χ4v) is 2.42. The Morgan fingerprint density at radius 2 is 1.54 bits per heavy atom. The first-order valence-corrected chi connectivity index (χ1v) is 10.4. The third-order valence-electron chi connectivity index (χ3n) is 5.01. The number of unbranched alkanes of at least 4 members (excludes halogenated alkanes) is 2. The van der Waals surface area contributed by atoms with Crippen molar-refractivity contribution in [3.05, 3.63) is 0 Å². The molecule has 0 radical (unpaired) electrons. The number of hydrogen-bond donors (Lipinski definition) is 1. The summed E-state index contributed by atoms with van der Waals surface area (Å²) in [5, 5.41) is 2.44. The second-order valence-corrected chi connectivity index (χ2v) is 7.95. The predicted molar refractivity (Wildman–Crippen MR) is 111 cm³/mol. The quantitative estimate of drug-likeness (QED) is 0.352. The number of alkyl carbamates (subject to hydrolysis) is 1. The molecule has 0 saturated carbocycles. The molecule has 0 bridgehead atoms. The predicted octanol–water partition coefficient (Wildman–Crippen LogP) is 4.34. The molecule has 164 valence electrons. The van der Waals surface area contributed by atoms with Crippen LogP contribution in [0.3, 0.4) is 0 Å². The number of rotatable bonds is 9. The Hall–Kier alpha value is -1.28. The van der Waals surface area contributed by atoms with Crippen molar-refractivity contribution in [3.8, 4) is 0 Å². The average molecular weight is 401 g/mol. The number of carbonyl (C=O) groups excluding carboxylic acids is 2. The van der Waals surface area contributed by atoms with E-state index >= 15 is 0 Å². The SMILES string of the molecule is CCCCB1OC(C)(C)C(C)(C)O1.CCCCOC(=O)N[C@H](CC)C(=O)OC. The van der Waals surface area contributed by atoms with E-state index in [1.54, 1.807) is 6.92 Å².